The van der Waals surface area contributed by atoms with Gasteiger partial charge in [0.2, 0.25) is 5.91 Å². The fourth-order valence-electron chi connectivity index (χ4n) is 2.19. The van der Waals surface area contributed by atoms with Crippen molar-refractivity contribution in [3.05, 3.63) is 18.2 Å². The van der Waals surface area contributed by atoms with Crippen molar-refractivity contribution < 1.29 is 14.3 Å². The first-order chi connectivity index (χ1) is 9.65. The second-order valence-electron chi connectivity index (χ2n) is 4.76. The number of ether oxygens (including phenoxy) is 1. The molecule has 0 saturated heterocycles. The number of benzene rings is 1. The number of nitrogens with one attached hydrogen (secondary N) is 1. The molecule has 1 N–H and O–H groups in total. The quantitative estimate of drug-likeness (QED) is 0.899. The Kier molecular flexibility index (Phi) is 4.61. The number of rotatable bonds is 5. The average Bonchev–Trinajstić information content (AvgIpc) is 2.45. The van der Waals surface area contributed by atoms with E-state index in [4.69, 9.17) is 4.74 Å². The van der Waals surface area contributed by atoms with Crippen molar-refractivity contribution >= 4 is 23.2 Å². The molecular weight excluding hydrogens is 256 g/mol. The molecule has 108 valence electrons. The molecule has 5 heteroatoms. The first-order valence-corrected chi connectivity index (χ1v) is 7.02. The van der Waals surface area contributed by atoms with E-state index < -0.39 is 0 Å². The predicted molar refractivity (Wildman–Crippen MR) is 78.1 cm³/mol. The Balaban J connectivity index is 2.16. The van der Waals surface area contributed by atoms with Crippen molar-refractivity contribution in [2.24, 2.45) is 0 Å². The Labute approximate surface area is 118 Å². The van der Waals surface area contributed by atoms with Gasteiger partial charge in [-0.15, -0.1) is 0 Å². The topological polar surface area (TPSA) is 58.6 Å². The summed E-state index contributed by atoms with van der Waals surface area (Å²) in [7, 11) is 0. The van der Waals surface area contributed by atoms with E-state index in [-0.39, 0.29) is 18.4 Å². The van der Waals surface area contributed by atoms with E-state index in [1.165, 1.54) is 0 Å². The number of amides is 2. The van der Waals surface area contributed by atoms with E-state index in [1.54, 1.807) is 23.1 Å². The van der Waals surface area contributed by atoms with Gasteiger partial charge >= 0.3 is 0 Å². The van der Waals surface area contributed by atoms with Crippen LogP contribution in [0.5, 0.6) is 5.75 Å². The van der Waals surface area contributed by atoms with Gasteiger partial charge < -0.3 is 15.0 Å². The van der Waals surface area contributed by atoms with Crippen molar-refractivity contribution in [3.63, 3.8) is 0 Å². The Hall–Kier alpha value is -2.04. The van der Waals surface area contributed by atoms with Crippen LogP contribution >= 0.6 is 0 Å². The highest BCUT2D eigenvalue weighted by molar-refractivity contribution is 5.99. The second-order valence-corrected chi connectivity index (χ2v) is 4.76. The minimum Gasteiger partial charge on any atom is -0.482 e. The zero-order valence-corrected chi connectivity index (χ0v) is 11.9. The SMILES string of the molecule is CCCCC(=O)Nc1ccc2c(c1)N(CC)C(=O)CO2. The van der Waals surface area contributed by atoms with Gasteiger partial charge in [-0.3, -0.25) is 9.59 Å². The molecule has 0 aliphatic carbocycles. The van der Waals surface area contributed by atoms with Crippen LogP contribution in [0.4, 0.5) is 11.4 Å². The van der Waals surface area contributed by atoms with E-state index in [0.717, 1.165) is 18.5 Å². The molecule has 0 aromatic heterocycles. The molecule has 0 bridgehead atoms. The van der Waals surface area contributed by atoms with Gasteiger partial charge in [0, 0.05) is 18.7 Å². The number of hydrogen-bond donors (Lipinski definition) is 1. The van der Waals surface area contributed by atoms with E-state index >= 15 is 0 Å². The van der Waals surface area contributed by atoms with Crippen LogP contribution in [0, 0.1) is 0 Å². The highest BCUT2D eigenvalue weighted by atomic mass is 16.5. The number of unbranched alkanes of at least 4 members (excludes halogenated alkanes) is 1. The number of fused-ring (bicyclic) bond motifs is 1. The van der Waals surface area contributed by atoms with Gasteiger partial charge in [0.1, 0.15) is 5.75 Å². The van der Waals surface area contributed by atoms with E-state index in [9.17, 15) is 9.59 Å². The van der Waals surface area contributed by atoms with Crippen LogP contribution in [-0.2, 0) is 9.59 Å². The lowest BCUT2D eigenvalue weighted by Gasteiger charge is -2.28. The summed E-state index contributed by atoms with van der Waals surface area (Å²) in [6.45, 7) is 4.62. The first-order valence-electron chi connectivity index (χ1n) is 7.02. The molecule has 1 heterocycles. The lowest BCUT2D eigenvalue weighted by Crippen LogP contribution is -2.38. The number of hydrogen-bond acceptors (Lipinski definition) is 3. The average molecular weight is 276 g/mol. The molecule has 0 unspecified atom stereocenters. The minimum atomic E-state index is -0.0607. The lowest BCUT2D eigenvalue weighted by atomic mass is 10.2. The minimum absolute atomic E-state index is 0.00194. The van der Waals surface area contributed by atoms with Crippen LogP contribution in [-0.4, -0.2) is 25.0 Å². The molecule has 5 nitrogen and oxygen atoms in total. The molecule has 1 aliphatic heterocycles. The third-order valence-electron chi connectivity index (χ3n) is 3.26. The summed E-state index contributed by atoms with van der Waals surface area (Å²) in [5.74, 6) is 0.616. The molecule has 2 rings (SSSR count). The van der Waals surface area contributed by atoms with Crippen molar-refractivity contribution in [1.29, 1.82) is 0 Å². The molecule has 0 atom stereocenters. The van der Waals surface area contributed by atoms with E-state index in [1.807, 2.05) is 13.8 Å². The molecule has 0 spiro atoms. The van der Waals surface area contributed by atoms with Gasteiger partial charge in [0.25, 0.3) is 5.91 Å². The highest BCUT2D eigenvalue weighted by Crippen LogP contribution is 2.34. The summed E-state index contributed by atoms with van der Waals surface area (Å²) in [4.78, 5) is 25.2. The molecule has 0 fully saturated rings. The van der Waals surface area contributed by atoms with Crippen LogP contribution in [0.2, 0.25) is 0 Å². The molecule has 0 radical (unpaired) electrons. The Bertz CT molecular complexity index is 514. The number of carbonyl (C=O) groups excluding carboxylic acids is 2. The molecule has 1 aromatic carbocycles. The normalized spacial score (nSPS) is 13.7. The van der Waals surface area contributed by atoms with Crippen molar-refractivity contribution in [2.75, 3.05) is 23.4 Å². The first kappa shape index (κ1) is 14.4. The molecule has 0 saturated carbocycles. The predicted octanol–water partition coefficient (Wildman–Crippen LogP) is 2.56. The maximum Gasteiger partial charge on any atom is 0.265 e. The summed E-state index contributed by atoms with van der Waals surface area (Å²) in [5.41, 5.74) is 1.42. The van der Waals surface area contributed by atoms with Gasteiger partial charge in [0.15, 0.2) is 6.61 Å². The Morgan fingerprint density at radius 2 is 2.20 bits per heavy atom. The standard InChI is InChI=1S/C15H20N2O3/c1-3-5-6-14(18)16-11-7-8-13-12(9-11)17(4-2)15(19)10-20-13/h7-9H,3-6,10H2,1-2H3,(H,16,18). The van der Waals surface area contributed by atoms with Crippen molar-refractivity contribution in [3.8, 4) is 5.75 Å². The maximum absolute atomic E-state index is 11.8. The summed E-state index contributed by atoms with van der Waals surface area (Å²) < 4.78 is 5.39. The molecular formula is C15H20N2O3. The molecule has 2 amide bonds. The molecule has 1 aromatic rings. The van der Waals surface area contributed by atoms with Gasteiger partial charge in [-0.1, -0.05) is 13.3 Å². The smallest absolute Gasteiger partial charge is 0.265 e. The zero-order valence-electron chi connectivity index (χ0n) is 11.9. The summed E-state index contributed by atoms with van der Waals surface area (Å²) in [6.07, 6.45) is 2.38. The van der Waals surface area contributed by atoms with Gasteiger partial charge in [-0.25, -0.2) is 0 Å². The van der Waals surface area contributed by atoms with Gasteiger partial charge in [-0.2, -0.15) is 0 Å². The Morgan fingerprint density at radius 1 is 1.40 bits per heavy atom. The largest absolute Gasteiger partial charge is 0.482 e. The summed E-state index contributed by atoms with van der Waals surface area (Å²) >= 11 is 0. The Morgan fingerprint density at radius 3 is 2.90 bits per heavy atom. The van der Waals surface area contributed by atoms with Crippen LogP contribution in [0.25, 0.3) is 0 Å². The number of anilines is 2. The van der Waals surface area contributed by atoms with Crippen molar-refractivity contribution in [2.45, 2.75) is 33.1 Å². The number of likely N-dealkylation sites (N-methyl/N-ethyl adjacent to an activating group) is 1. The third kappa shape index (κ3) is 3.10. The molecule has 20 heavy (non-hydrogen) atoms. The summed E-state index contributed by atoms with van der Waals surface area (Å²) in [6, 6.07) is 5.38. The van der Waals surface area contributed by atoms with Crippen LogP contribution in [0.1, 0.15) is 33.1 Å². The number of carbonyl (C=O) groups is 2. The van der Waals surface area contributed by atoms with Crippen LogP contribution in [0.15, 0.2) is 18.2 Å². The second kappa shape index (κ2) is 6.41. The van der Waals surface area contributed by atoms with E-state index in [2.05, 4.69) is 5.32 Å². The molecule has 1 aliphatic rings. The third-order valence-corrected chi connectivity index (χ3v) is 3.26. The van der Waals surface area contributed by atoms with E-state index in [0.29, 0.717) is 24.4 Å². The maximum atomic E-state index is 11.8. The van der Waals surface area contributed by atoms with Crippen LogP contribution < -0.4 is 15.0 Å². The zero-order chi connectivity index (χ0) is 14.5. The number of nitrogens with zero attached hydrogens (tertiary/aromatic N) is 1. The summed E-state index contributed by atoms with van der Waals surface area (Å²) in [5, 5.41) is 2.85. The van der Waals surface area contributed by atoms with Crippen LogP contribution in [0.3, 0.4) is 0 Å². The lowest BCUT2D eigenvalue weighted by molar-refractivity contribution is -0.121. The fourth-order valence-corrected chi connectivity index (χ4v) is 2.19. The fraction of sp³-hybridized carbons (Fsp3) is 0.467. The highest BCUT2D eigenvalue weighted by Gasteiger charge is 2.24. The van der Waals surface area contributed by atoms with Crippen molar-refractivity contribution in [1.82, 2.24) is 0 Å². The van der Waals surface area contributed by atoms with Gasteiger partial charge in [-0.05, 0) is 31.5 Å². The van der Waals surface area contributed by atoms with Gasteiger partial charge in [0.05, 0.1) is 5.69 Å². The monoisotopic (exact) mass is 276 g/mol.